The summed E-state index contributed by atoms with van der Waals surface area (Å²) in [6.07, 6.45) is -0.00369. The van der Waals surface area contributed by atoms with Crippen molar-refractivity contribution >= 4 is 11.6 Å². The first-order valence-corrected chi connectivity index (χ1v) is 4.73. The molecule has 0 unspecified atom stereocenters. The maximum Gasteiger partial charge on any atom is 0.221 e. The summed E-state index contributed by atoms with van der Waals surface area (Å²) in [5.74, 6) is -0.341. The molecule has 1 N–H and O–H groups in total. The Labute approximate surface area is 88.2 Å². The number of benzene rings is 1. The lowest BCUT2D eigenvalue weighted by Gasteiger charge is -2.11. The quantitative estimate of drug-likeness (QED) is 0.834. The highest BCUT2D eigenvalue weighted by molar-refractivity contribution is 5.88. The van der Waals surface area contributed by atoms with Crippen LogP contribution in [0.1, 0.15) is 20.8 Å². The Bertz CT molecular complexity index is 364. The number of anilines is 1. The van der Waals surface area contributed by atoms with Crippen molar-refractivity contribution in [1.29, 1.82) is 0 Å². The van der Waals surface area contributed by atoms with Crippen LogP contribution in [0.25, 0.3) is 0 Å². The molecule has 1 aromatic carbocycles. The lowest BCUT2D eigenvalue weighted by Crippen LogP contribution is -2.09. The molecule has 0 fully saturated rings. The number of hydrogen-bond acceptors (Lipinski definition) is 2. The molecule has 0 atom stereocenters. The minimum absolute atomic E-state index is 0.00369. The highest BCUT2D eigenvalue weighted by Crippen LogP contribution is 2.21. The second kappa shape index (κ2) is 4.77. The molecule has 0 saturated heterocycles. The van der Waals surface area contributed by atoms with E-state index in [4.69, 9.17) is 4.74 Å². The molecule has 0 aliphatic heterocycles. The molecule has 4 heteroatoms. The van der Waals surface area contributed by atoms with Crippen molar-refractivity contribution in [3.8, 4) is 5.75 Å². The summed E-state index contributed by atoms with van der Waals surface area (Å²) < 4.78 is 18.7. The lowest BCUT2D eigenvalue weighted by atomic mass is 10.3. The van der Waals surface area contributed by atoms with Crippen molar-refractivity contribution in [1.82, 2.24) is 0 Å². The molecule has 15 heavy (non-hydrogen) atoms. The van der Waals surface area contributed by atoms with Gasteiger partial charge >= 0.3 is 0 Å². The van der Waals surface area contributed by atoms with Crippen LogP contribution in [0.2, 0.25) is 0 Å². The van der Waals surface area contributed by atoms with Gasteiger partial charge in [-0.25, -0.2) is 4.39 Å². The average Bonchev–Trinajstić information content (AvgIpc) is 2.08. The molecule has 0 radical (unpaired) electrons. The smallest absolute Gasteiger partial charge is 0.221 e. The number of carbonyl (C=O) groups is 1. The third-order valence-electron chi connectivity index (χ3n) is 1.62. The van der Waals surface area contributed by atoms with Gasteiger partial charge in [0.15, 0.2) is 0 Å². The van der Waals surface area contributed by atoms with E-state index in [1.807, 2.05) is 13.8 Å². The largest absolute Gasteiger partial charge is 0.491 e. The monoisotopic (exact) mass is 211 g/mol. The fourth-order valence-corrected chi connectivity index (χ4v) is 1.13. The van der Waals surface area contributed by atoms with E-state index in [1.54, 1.807) is 6.07 Å². The third kappa shape index (κ3) is 3.58. The van der Waals surface area contributed by atoms with Crippen LogP contribution in [-0.4, -0.2) is 12.0 Å². The third-order valence-corrected chi connectivity index (χ3v) is 1.62. The maximum atomic E-state index is 13.4. The summed E-state index contributed by atoms with van der Waals surface area (Å²) in [5, 5.41) is 2.38. The van der Waals surface area contributed by atoms with E-state index in [-0.39, 0.29) is 17.7 Å². The van der Waals surface area contributed by atoms with Crippen LogP contribution in [0.15, 0.2) is 18.2 Å². The zero-order valence-corrected chi connectivity index (χ0v) is 9.00. The van der Waals surface area contributed by atoms with E-state index in [1.165, 1.54) is 19.1 Å². The molecular formula is C11H14FNO2. The summed E-state index contributed by atoms with van der Waals surface area (Å²) in [6.45, 7) is 5.05. The second-order valence-corrected chi connectivity index (χ2v) is 3.49. The number of hydrogen-bond donors (Lipinski definition) is 1. The Balaban J connectivity index is 2.83. The number of amides is 1. The standard InChI is InChI=1S/C11H14FNO2/c1-7(2)15-9-4-5-11(10(12)6-9)13-8(3)14/h4-7H,1-3H3,(H,13,14). The van der Waals surface area contributed by atoms with Crippen LogP contribution in [0.3, 0.4) is 0 Å². The summed E-state index contributed by atoms with van der Waals surface area (Å²) in [7, 11) is 0. The van der Waals surface area contributed by atoms with E-state index >= 15 is 0 Å². The fraction of sp³-hybridized carbons (Fsp3) is 0.364. The Kier molecular flexibility index (Phi) is 3.66. The van der Waals surface area contributed by atoms with Gasteiger partial charge < -0.3 is 10.1 Å². The number of halogens is 1. The summed E-state index contributed by atoms with van der Waals surface area (Å²) in [6, 6.07) is 4.36. The number of carbonyl (C=O) groups excluding carboxylic acids is 1. The molecule has 0 heterocycles. The van der Waals surface area contributed by atoms with Gasteiger partial charge in [-0.2, -0.15) is 0 Å². The summed E-state index contributed by atoms with van der Waals surface area (Å²) in [4.78, 5) is 10.7. The zero-order chi connectivity index (χ0) is 11.4. The van der Waals surface area contributed by atoms with Gasteiger partial charge in [-0.1, -0.05) is 0 Å². The van der Waals surface area contributed by atoms with Crippen molar-refractivity contribution in [2.24, 2.45) is 0 Å². The van der Waals surface area contributed by atoms with Crippen LogP contribution in [-0.2, 0) is 4.79 Å². The van der Waals surface area contributed by atoms with Gasteiger partial charge in [-0.3, -0.25) is 4.79 Å². The van der Waals surface area contributed by atoms with Crippen molar-refractivity contribution in [2.75, 3.05) is 5.32 Å². The Hall–Kier alpha value is -1.58. The van der Waals surface area contributed by atoms with Gasteiger partial charge in [0.05, 0.1) is 11.8 Å². The van der Waals surface area contributed by atoms with Crippen LogP contribution in [0, 0.1) is 5.82 Å². The van der Waals surface area contributed by atoms with Crippen molar-refractivity contribution < 1.29 is 13.9 Å². The summed E-state index contributed by atoms with van der Waals surface area (Å²) >= 11 is 0. The SMILES string of the molecule is CC(=O)Nc1ccc(OC(C)C)cc1F. The average molecular weight is 211 g/mol. The van der Waals surface area contributed by atoms with E-state index in [0.29, 0.717) is 5.75 Å². The van der Waals surface area contributed by atoms with E-state index in [9.17, 15) is 9.18 Å². The molecule has 82 valence electrons. The molecule has 1 rings (SSSR count). The van der Waals surface area contributed by atoms with Crippen molar-refractivity contribution in [2.45, 2.75) is 26.9 Å². The minimum Gasteiger partial charge on any atom is -0.491 e. The fourth-order valence-electron chi connectivity index (χ4n) is 1.13. The molecule has 1 aromatic rings. The molecule has 0 spiro atoms. The topological polar surface area (TPSA) is 38.3 Å². The normalized spacial score (nSPS) is 10.2. The highest BCUT2D eigenvalue weighted by atomic mass is 19.1. The van der Waals surface area contributed by atoms with Crippen LogP contribution < -0.4 is 10.1 Å². The van der Waals surface area contributed by atoms with Crippen molar-refractivity contribution in [3.63, 3.8) is 0 Å². The van der Waals surface area contributed by atoms with Gasteiger partial charge in [0.25, 0.3) is 0 Å². The minimum atomic E-state index is -0.497. The lowest BCUT2D eigenvalue weighted by molar-refractivity contribution is -0.114. The summed E-state index contributed by atoms with van der Waals surface area (Å²) in [5.41, 5.74) is 0.165. The van der Waals surface area contributed by atoms with Crippen LogP contribution in [0.5, 0.6) is 5.75 Å². The molecule has 3 nitrogen and oxygen atoms in total. The molecule has 0 aliphatic carbocycles. The first-order valence-electron chi connectivity index (χ1n) is 4.73. The number of ether oxygens (including phenoxy) is 1. The van der Waals surface area contributed by atoms with Gasteiger partial charge in [0, 0.05) is 13.0 Å². The van der Waals surface area contributed by atoms with Gasteiger partial charge in [0.2, 0.25) is 5.91 Å². The van der Waals surface area contributed by atoms with E-state index in [2.05, 4.69) is 5.32 Å². The van der Waals surface area contributed by atoms with Gasteiger partial charge in [0.1, 0.15) is 11.6 Å². The Morgan fingerprint density at radius 2 is 2.13 bits per heavy atom. The Morgan fingerprint density at radius 1 is 1.47 bits per heavy atom. The predicted octanol–water partition coefficient (Wildman–Crippen LogP) is 2.57. The molecule has 0 aromatic heterocycles. The zero-order valence-electron chi connectivity index (χ0n) is 9.00. The molecule has 0 saturated carbocycles. The highest BCUT2D eigenvalue weighted by Gasteiger charge is 2.06. The first-order chi connectivity index (χ1) is 6.99. The first kappa shape index (κ1) is 11.5. The van der Waals surface area contributed by atoms with E-state index < -0.39 is 5.82 Å². The molecule has 0 aliphatic rings. The molecule has 0 bridgehead atoms. The number of rotatable bonds is 3. The van der Waals surface area contributed by atoms with Crippen molar-refractivity contribution in [3.05, 3.63) is 24.0 Å². The van der Waals surface area contributed by atoms with Gasteiger partial charge in [-0.05, 0) is 26.0 Å². The van der Waals surface area contributed by atoms with Gasteiger partial charge in [-0.15, -0.1) is 0 Å². The predicted molar refractivity (Wildman–Crippen MR) is 56.5 cm³/mol. The Morgan fingerprint density at radius 3 is 2.60 bits per heavy atom. The molecule has 1 amide bonds. The van der Waals surface area contributed by atoms with Crippen LogP contribution >= 0.6 is 0 Å². The van der Waals surface area contributed by atoms with Crippen LogP contribution in [0.4, 0.5) is 10.1 Å². The van der Waals surface area contributed by atoms with E-state index in [0.717, 1.165) is 0 Å². The maximum absolute atomic E-state index is 13.4. The second-order valence-electron chi connectivity index (χ2n) is 3.49. The molecular weight excluding hydrogens is 197 g/mol. The number of nitrogens with one attached hydrogen (secondary N) is 1.